The number of halogens is 2. The largest absolute Gasteiger partial charge is 0.493 e. The molecule has 9 rings (SSSR count). The number of carbonyl (C=O) groups excluding carboxylic acids is 5. The van der Waals surface area contributed by atoms with Gasteiger partial charge in [0.1, 0.15) is 34.7 Å². The summed E-state index contributed by atoms with van der Waals surface area (Å²) in [6, 6.07) is 27.7. The molecule has 0 aliphatic carbocycles. The summed E-state index contributed by atoms with van der Waals surface area (Å²) < 4.78 is 6.40. The molecule has 0 saturated carbocycles. The van der Waals surface area contributed by atoms with E-state index in [0.717, 1.165) is 38.4 Å². The van der Waals surface area contributed by atoms with Crippen LogP contribution in [-0.2, 0) is 42.2 Å². The Morgan fingerprint density at radius 3 is 2.04 bits per heavy atom. The van der Waals surface area contributed by atoms with E-state index in [0.29, 0.717) is 105 Å². The van der Waals surface area contributed by atoms with Crippen LogP contribution in [0.15, 0.2) is 101 Å². The first-order valence-corrected chi connectivity index (χ1v) is 30.4. The van der Waals surface area contributed by atoms with E-state index in [-0.39, 0.29) is 48.2 Å². The SMILES string of the molecule is CCOc1cc(C(C)(C)C)ccc1C1=NC(C)(c2ccc(Cl)cc2)C(C)(c2ccc(Cl)cc2)N1C(=O)N1CCN(CC(=O)N2CCCC(C(=O)NC(C(=O)N3CCC[C@H]3C(=O)NCc3ccc(-c4scnc4C)cc3)C(C)(C)C)C2)CC1. The van der Waals surface area contributed by atoms with Gasteiger partial charge in [-0.05, 0) is 128 Å². The van der Waals surface area contributed by atoms with Gasteiger partial charge in [0.2, 0.25) is 23.6 Å². The van der Waals surface area contributed by atoms with Gasteiger partial charge in [-0.2, -0.15) is 0 Å². The molecule has 0 bridgehead atoms. The molecule has 5 atom stereocenters. The van der Waals surface area contributed by atoms with E-state index in [4.69, 9.17) is 32.9 Å². The van der Waals surface area contributed by atoms with E-state index in [1.54, 1.807) is 21.1 Å². The topological polar surface area (TPSA) is 160 Å². The third kappa shape index (κ3) is 12.5. The van der Waals surface area contributed by atoms with Crippen molar-refractivity contribution in [3.63, 3.8) is 0 Å². The number of piperidine rings is 1. The van der Waals surface area contributed by atoms with Crippen LogP contribution in [-0.4, -0.2) is 136 Å². The van der Waals surface area contributed by atoms with E-state index in [1.165, 1.54) is 0 Å². The Morgan fingerprint density at radius 2 is 1.43 bits per heavy atom. The molecule has 18 heteroatoms. The Bertz CT molecular complexity index is 3190. The van der Waals surface area contributed by atoms with Crippen molar-refractivity contribution in [3.05, 3.63) is 140 Å². The lowest BCUT2D eigenvalue weighted by molar-refractivity contribution is -0.145. The predicted octanol–water partition coefficient (Wildman–Crippen LogP) is 10.8. The number of nitrogens with one attached hydrogen (secondary N) is 2. The summed E-state index contributed by atoms with van der Waals surface area (Å²) in [7, 11) is 0. The number of hydrogen-bond acceptors (Lipinski definition) is 10. The second kappa shape index (κ2) is 24.5. The minimum atomic E-state index is -1.10. The molecule has 82 heavy (non-hydrogen) atoms. The molecule has 4 aromatic carbocycles. The van der Waals surface area contributed by atoms with Gasteiger partial charge in [0, 0.05) is 62.4 Å². The van der Waals surface area contributed by atoms with Gasteiger partial charge in [-0.25, -0.2) is 9.78 Å². The smallest absolute Gasteiger partial charge is 0.326 e. The van der Waals surface area contributed by atoms with Crippen LogP contribution in [0.1, 0.15) is 122 Å². The zero-order valence-corrected chi connectivity index (χ0v) is 51.4. The Kier molecular flexibility index (Phi) is 18.0. The summed E-state index contributed by atoms with van der Waals surface area (Å²) in [4.78, 5) is 92.6. The predicted molar refractivity (Wildman–Crippen MR) is 325 cm³/mol. The van der Waals surface area contributed by atoms with Gasteiger partial charge in [-0.15, -0.1) is 11.3 Å². The fourth-order valence-corrected chi connectivity index (χ4v) is 13.1. The maximum Gasteiger partial charge on any atom is 0.326 e. The van der Waals surface area contributed by atoms with Crippen LogP contribution in [0.3, 0.4) is 0 Å². The van der Waals surface area contributed by atoms with Crippen LogP contribution < -0.4 is 15.4 Å². The number of thiazole rings is 1. The molecular formula is C64H79Cl2N9O6S. The highest BCUT2D eigenvalue weighted by atomic mass is 35.5. The zero-order valence-electron chi connectivity index (χ0n) is 49.1. The monoisotopic (exact) mass is 1170 g/mol. The number of urea groups is 1. The molecule has 1 aromatic heterocycles. The lowest BCUT2D eigenvalue weighted by Crippen LogP contribution is -2.61. The molecule has 6 amide bonds. The first kappa shape index (κ1) is 60.3. The molecular weight excluding hydrogens is 1090 g/mol. The lowest BCUT2D eigenvalue weighted by Gasteiger charge is -2.47. The Hall–Kier alpha value is -6.33. The van der Waals surface area contributed by atoms with Crippen LogP contribution in [0, 0.1) is 18.3 Å². The first-order chi connectivity index (χ1) is 38.9. The van der Waals surface area contributed by atoms with Gasteiger partial charge < -0.3 is 30.1 Å². The second-order valence-corrected chi connectivity index (χ2v) is 26.5. The number of rotatable bonds is 14. The van der Waals surface area contributed by atoms with Gasteiger partial charge in [0.15, 0.2) is 0 Å². The molecule has 4 aliphatic rings. The molecule has 4 aliphatic heterocycles. The number of piperazine rings is 1. The standard InChI is InChI=1S/C64H79Cl2N9O6S/c1-11-81-52-36-47(61(3,4)5)24-29-50(52)56-70-63(9,45-20-25-48(65)26-21-45)64(10,46-22-27-49(66)28-23-46)75(56)60(80)72-34-32-71(33-35-72)39-53(76)73-30-12-14-44(38-73)57(77)69-55(62(6,7)8)59(79)74-31-13-15-51(74)58(78)67-37-42-16-18-43(19-17-42)54-41(2)68-40-82-54/h16-29,36,40,44,51,55H,11-15,30-35,37-39H2,1-10H3,(H,67,78)(H,69,77)/t44?,51-,55?,63?,64?/m0/s1. The summed E-state index contributed by atoms with van der Waals surface area (Å²) in [5.74, 6) is -0.301. The lowest BCUT2D eigenvalue weighted by atomic mass is 9.71. The highest BCUT2D eigenvalue weighted by Gasteiger charge is 2.60. The molecule has 436 valence electrons. The summed E-state index contributed by atoms with van der Waals surface area (Å²) in [5, 5.41) is 7.31. The van der Waals surface area contributed by atoms with Gasteiger partial charge in [-0.3, -0.25) is 34.0 Å². The molecule has 2 N–H and O–H groups in total. The van der Waals surface area contributed by atoms with Crippen LogP contribution >= 0.6 is 34.5 Å². The van der Waals surface area contributed by atoms with Gasteiger partial charge in [0.25, 0.3) is 0 Å². The van der Waals surface area contributed by atoms with Crippen LogP contribution in [0.25, 0.3) is 10.4 Å². The molecule has 15 nitrogen and oxygen atoms in total. The van der Waals surface area contributed by atoms with Crippen LogP contribution in [0.4, 0.5) is 4.79 Å². The molecule has 0 radical (unpaired) electrons. The summed E-state index contributed by atoms with van der Waals surface area (Å²) in [5.41, 5.74) is 5.34. The number of aromatic nitrogens is 1. The average molecular weight is 1170 g/mol. The highest BCUT2D eigenvalue weighted by Crippen LogP contribution is 2.54. The minimum Gasteiger partial charge on any atom is -0.493 e. The number of benzene rings is 4. The molecule has 3 fully saturated rings. The summed E-state index contributed by atoms with van der Waals surface area (Å²) in [6.07, 6.45) is 2.41. The normalized spacial score (nSPS) is 22.0. The van der Waals surface area contributed by atoms with Gasteiger partial charge >= 0.3 is 6.03 Å². The number of nitrogens with zero attached hydrogens (tertiary/aromatic N) is 7. The molecule has 5 aromatic rings. The maximum atomic E-state index is 15.7. The van der Waals surface area contributed by atoms with Gasteiger partial charge in [0.05, 0.1) is 40.7 Å². The Labute approximate surface area is 497 Å². The number of amides is 6. The summed E-state index contributed by atoms with van der Waals surface area (Å²) >= 11 is 14.6. The number of hydrogen-bond donors (Lipinski definition) is 2. The van der Waals surface area contributed by atoms with E-state index >= 15 is 4.79 Å². The zero-order chi connectivity index (χ0) is 58.9. The number of aryl methyl sites for hydroxylation is 1. The van der Waals surface area contributed by atoms with E-state index in [2.05, 4.69) is 67.3 Å². The number of aliphatic imine (C=N–C) groups is 1. The molecule has 0 spiro atoms. The Morgan fingerprint density at radius 1 is 0.780 bits per heavy atom. The third-order valence-corrected chi connectivity index (χ3v) is 18.6. The van der Waals surface area contributed by atoms with Crippen molar-refractivity contribution in [2.24, 2.45) is 16.3 Å². The molecule has 3 saturated heterocycles. The van der Waals surface area contributed by atoms with Crippen molar-refractivity contribution < 1.29 is 28.7 Å². The first-order valence-electron chi connectivity index (χ1n) is 28.8. The van der Waals surface area contributed by atoms with Gasteiger partial charge in [-0.1, -0.05) is 119 Å². The van der Waals surface area contributed by atoms with E-state index < -0.39 is 34.5 Å². The average Bonchev–Trinajstić information content (AvgIpc) is 1.76. The third-order valence-electron chi connectivity index (χ3n) is 17.1. The number of ether oxygens (including phenoxy) is 1. The van der Waals surface area contributed by atoms with Crippen molar-refractivity contribution in [1.29, 1.82) is 0 Å². The van der Waals surface area contributed by atoms with Crippen LogP contribution in [0.2, 0.25) is 10.0 Å². The fraction of sp³-hybridized carbons (Fsp3) is 0.484. The quantitative estimate of drug-likeness (QED) is 0.111. The van der Waals surface area contributed by atoms with Crippen molar-refractivity contribution in [1.82, 2.24) is 40.1 Å². The Balaban J connectivity index is 0.858. The number of amidine groups is 1. The number of carbonyl (C=O) groups is 5. The summed E-state index contributed by atoms with van der Waals surface area (Å²) in [6.45, 7) is 23.9. The maximum absolute atomic E-state index is 15.7. The van der Waals surface area contributed by atoms with Crippen LogP contribution in [0.5, 0.6) is 5.75 Å². The van der Waals surface area contributed by atoms with Crippen molar-refractivity contribution in [2.75, 3.05) is 59.0 Å². The number of likely N-dealkylation sites (tertiary alicyclic amines) is 2. The van der Waals surface area contributed by atoms with Crippen molar-refractivity contribution in [2.45, 2.75) is 130 Å². The fourth-order valence-electron chi connectivity index (χ4n) is 12.0. The molecule has 5 heterocycles. The second-order valence-electron chi connectivity index (χ2n) is 24.7. The van der Waals surface area contributed by atoms with E-state index in [9.17, 15) is 19.2 Å². The minimum absolute atomic E-state index is 0.0948. The highest BCUT2D eigenvalue weighted by molar-refractivity contribution is 7.13. The van der Waals surface area contributed by atoms with E-state index in [1.807, 2.05) is 129 Å². The van der Waals surface area contributed by atoms with Crippen molar-refractivity contribution >= 4 is 70.0 Å². The molecule has 4 unspecified atom stereocenters. The van der Waals surface area contributed by atoms with Crippen molar-refractivity contribution in [3.8, 4) is 16.2 Å².